The van der Waals surface area contributed by atoms with Crippen LogP contribution in [0.5, 0.6) is 0 Å². The van der Waals surface area contributed by atoms with E-state index < -0.39 is 11.7 Å². The Hall–Kier alpha value is -1.39. The zero-order valence-electron chi connectivity index (χ0n) is 10.6. The molecule has 0 saturated heterocycles. The van der Waals surface area contributed by atoms with Crippen molar-refractivity contribution < 1.29 is 13.2 Å². The predicted octanol–water partition coefficient (Wildman–Crippen LogP) is 4.25. The number of alkyl halides is 3. The highest BCUT2D eigenvalue weighted by atomic mass is 19.4. The zero-order valence-corrected chi connectivity index (χ0v) is 10.6. The Morgan fingerprint density at radius 1 is 1.05 bits per heavy atom. The van der Waals surface area contributed by atoms with Gasteiger partial charge in [-0.2, -0.15) is 13.2 Å². The monoisotopic (exact) mass is 270 g/mol. The van der Waals surface area contributed by atoms with Gasteiger partial charge in [0.1, 0.15) is 0 Å². The van der Waals surface area contributed by atoms with E-state index in [1.807, 2.05) is 0 Å². The Labute approximate surface area is 110 Å². The summed E-state index contributed by atoms with van der Waals surface area (Å²) in [6.45, 7) is 0.710. The number of para-hydroxylation sites is 1. The Morgan fingerprint density at radius 2 is 1.79 bits per heavy atom. The molecule has 5 heteroatoms. The lowest BCUT2D eigenvalue weighted by atomic mass is 9.80. The second-order valence-electron chi connectivity index (χ2n) is 5.55. The molecule has 1 spiro atoms. The van der Waals surface area contributed by atoms with Gasteiger partial charge in [-0.1, -0.05) is 25.3 Å². The summed E-state index contributed by atoms with van der Waals surface area (Å²) in [4.78, 5) is 0. The maximum atomic E-state index is 13.1. The third-order valence-electron chi connectivity index (χ3n) is 4.19. The topological polar surface area (TPSA) is 24.1 Å². The van der Waals surface area contributed by atoms with Crippen LogP contribution in [0.15, 0.2) is 18.2 Å². The number of hydrogen-bond donors (Lipinski definition) is 2. The first-order valence-electron chi connectivity index (χ1n) is 6.73. The molecule has 0 atom stereocenters. The van der Waals surface area contributed by atoms with Gasteiger partial charge in [0.2, 0.25) is 0 Å². The van der Waals surface area contributed by atoms with E-state index in [9.17, 15) is 13.2 Å². The molecule has 19 heavy (non-hydrogen) atoms. The first-order chi connectivity index (χ1) is 9.00. The highest BCUT2D eigenvalue weighted by molar-refractivity contribution is 5.76. The average molecular weight is 270 g/mol. The van der Waals surface area contributed by atoms with Crippen molar-refractivity contribution in [2.45, 2.75) is 43.8 Å². The third kappa shape index (κ3) is 2.26. The first-order valence-corrected chi connectivity index (χ1v) is 6.73. The maximum Gasteiger partial charge on any atom is 0.418 e. The number of fused-ring (bicyclic) bond motifs is 1. The second-order valence-corrected chi connectivity index (χ2v) is 5.55. The molecule has 0 unspecified atom stereocenters. The van der Waals surface area contributed by atoms with E-state index in [0.717, 1.165) is 31.7 Å². The molecule has 3 rings (SSSR count). The molecule has 1 fully saturated rings. The summed E-state index contributed by atoms with van der Waals surface area (Å²) in [6.07, 6.45) is 0.901. The van der Waals surface area contributed by atoms with Crippen LogP contribution >= 0.6 is 0 Å². The van der Waals surface area contributed by atoms with Crippen molar-refractivity contribution in [1.82, 2.24) is 0 Å². The Kier molecular flexibility index (Phi) is 2.87. The first kappa shape index (κ1) is 12.6. The van der Waals surface area contributed by atoms with Gasteiger partial charge in [0.05, 0.1) is 22.5 Å². The Bertz CT molecular complexity index is 476. The van der Waals surface area contributed by atoms with Crippen molar-refractivity contribution in [1.29, 1.82) is 0 Å². The van der Waals surface area contributed by atoms with E-state index in [-0.39, 0.29) is 11.2 Å². The number of anilines is 2. The molecule has 104 valence electrons. The molecular formula is C14H17F3N2. The van der Waals surface area contributed by atoms with Crippen LogP contribution in [0.1, 0.15) is 37.7 Å². The number of hydrogen-bond acceptors (Lipinski definition) is 2. The van der Waals surface area contributed by atoms with Crippen molar-refractivity contribution in [3.63, 3.8) is 0 Å². The molecule has 0 bridgehead atoms. The minimum atomic E-state index is -4.31. The van der Waals surface area contributed by atoms with E-state index in [1.54, 1.807) is 6.07 Å². The lowest BCUT2D eigenvalue weighted by Gasteiger charge is -2.44. The van der Waals surface area contributed by atoms with Gasteiger partial charge in [-0.25, -0.2) is 0 Å². The van der Waals surface area contributed by atoms with Gasteiger partial charge in [-0.15, -0.1) is 0 Å². The third-order valence-corrected chi connectivity index (χ3v) is 4.19. The summed E-state index contributed by atoms with van der Waals surface area (Å²) in [6, 6.07) is 4.30. The van der Waals surface area contributed by atoms with Gasteiger partial charge >= 0.3 is 6.18 Å². The summed E-state index contributed by atoms with van der Waals surface area (Å²) in [7, 11) is 0. The number of nitrogens with one attached hydrogen (secondary N) is 2. The van der Waals surface area contributed by atoms with Crippen LogP contribution in [-0.4, -0.2) is 12.1 Å². The normalized spacial score (nSPS) is 21.4. The van der Waals surface area contributed by atoms with Gasteiger partial charge in [-0.3, -0.25) is 0 Å². The van der Waals surface area contributed by atoms with Gasteiger partial charge in [-0.05, 0) is 25.0 Å². The van der Waals surface area contributed by atoms with Crippen LogP contribution < -0.4 is 10.6 Å². The molecule has 1 aromatic rings. The van der Waals surface area contributed by atoms with Crippen molar-refractivity contribution in [2.75, 3.05) is 17.2 Å². The summed E-state index contributed by atoms with van der Waals surface area (Å²) in [5.41, 5.74) is 0.0170. The van der Waals surface area contributed by atoms with Crippen molar-refractivity contribution in [2.24, 2.45) is 0 Å². The largest absolute Gasteiger partial charge is 0.418 e. The fourth-order valence-corrected chi connectivity index (χ4v) is 3.17. The minimum Gasteiger partial charge on any atom is -0.381 e. The number of benzene rings is 1. The fourth-order valence-electron chi connectivity index (χ4n) is 3.17. The van der Waals surface area contributed by atoms with Crippen LogP contribution in [0.25, 0.3) is 0 Å². The molecule has 2 aliphatic rings. The van der Waals surface area contributed by atoms with E-state index >= 15 is 0 Å². The average Bonchev–Trinajstić information content (AvgIpc) is 2.38. The van der Waals surface area contributed by atoms with Gasteiger partial charge in [0.25, 0.3) is 0 Å². The Balaban J connectivity index is 1.98. The summed E-state index contributed by atoms with van der Waals surface area (Å²) in [5, 5.41) is 6.38. The summed E-state index contributed by atoms with van der Waals surface area (Å²) >= 11 is 0. The van der Waals surface area contributed by atoms with E-state index in [0.29, 0.717) is 12.2 Å². The smallest absolute Gasteiger partial charge is 0.381 e. The molecule has 2 nitrogen and oxygen atoms in total. The quantitative estimate of drug-likeness (QED) is 0.736. The van der Waals surface area contributed by atoms with Crippen molar-refractivity contribution in [3.8, 4) is 0 Å². The summed E-state index contributed by atoms with van der Waals surface area (Å²) in [5.74, 6) is 0. The van der Waals surface area contributed by atoms with Gasteiger partial charge < -0.3 is 10.6 Å². The lowest BCUT2D eigenvalue weighted by molar-refractivity contribution is -0.137. The number of rotatable bonds is 0. The van der Waals surface area contributed by atoms with Crippen molar-refractivity contribution >= 4 is 11.4 Å². The van der Waals surface area contributed by atoms with Gasteiger partial charge in [0.15, 0.2) is 0 Å². The zero-order chi connectivity index (χ0) is 13.5. The van der Waals surface area contributed by atoms with Crippen molar-refractivity contribution in [3.05, 3.63) is 23.8 Å². The highest BCUT2D eigenvalue weighted by Crippen LogP contribution is 2.44. The molecule has 0 amide bonds. The fraction of sp³-hybridized carbons (Fsp3) is 0.571. The lowest BCUT2D eigenvalue weighted by Crippen LogP contribution is -2.49. The SMILES string of the molecule is FC(F)(F)c1cccc2c1NC1(CCCCC1)CN2. The van der Waals surface area contributed by atoms with Crippen LogP contribution in [0.4, 0.5) is 24.5 Å². The highest BCUT2D eigenvalue weighted by Gasteiger charge is 2.40. The Morgan fingerprint density at radius 3 is 2.47 bits per heavy atom. The molecule has 2 N–H and O–H groups in total. The van der Waals surface area contributed by atoms with Crippen LogP contribution in [0.3, 0.4) is 0 Å². The van der Waals surface area contributed by atoms with Crippen LogP contribution in [-0.2, 0) is 6.18 Å². The molecule has 1 aromatic carbocycles. The van der Waals surface area contributed by atoms with Gasteiger partial charge in [0, 0.05) is 6.54 Å². The minimum absolute atomic E-state index is 0.202. The molecular weight excluding hydrogens is 253 g/mol. The van der Waals surface area contributed by atoms with E-state index in [1.165, 1.54) is 12.5 Å². The molecule has 1 aliphatic heterocycles. The molecule has 1 aliphatic carbocycles. The van der Waals surface area contributed by atoms with E-state index in [4.69, 9.17) is 0 Å². The molecule has 1 heterocycles. The molecule has 0 radical (unpaired) electrons. The summed E-state index contributed by atoms with van der Waals surface area (Å²) < 4.78 is 39.2. The van der Waals surface area contributed by atoms with Crippen LogP contribution in [0.2, 0.25) is 0 Å². The maximum absolute atomic E-state index is 13.1. The molecule has 0 aromatic heterocycles. The van der Waals surface area contributed by atoms with E-state index in [2.05, 4.69) is 10.6 Å². The number of halogens is 3. The molecule has 1 saturated carbocycles. The standard InChI is InChI=1S/C14H17F3N2/c15-14(16,17)10-5-4-6-11-12(10)19-13(9-18-11)7-2-1-3-8-13/h4-6,18-19H,1-3,7-9H2. The predicted molar refractivity (Wildman–Crippen MR) is 69.4 cm³/mol. The van der Waals surface area contributed by atoms with Crippen LogP contribution in [0, 0.1) is 0 Å². The second kappa shape index (κ2) is 4.32.